The van der Waals surface area contributed by atoms with Crippen LogP contribution in [0.4, 0.5) is 0 Å². The van der Waals surface area contributed by atoms with Crippen LogP contribution in [0.5, 0.6) is 0 Å². The summed E-state index contributed by atoms with van der Waals surface area (Å²) in [6.45, 7) is 6.73. The van der Waals surface area contributed by atoms with Gasteiger partial charge in [0.15, 0.2) is 0 Å². The van der Waals surface area contributed by atoms with Gasteiger partial charge in [-0.3, -0.25) is 14.6 Å². The van der Waals surface area contributed by atoms with Crippen molar-refractivity contribution < 1.29 is 4.79 Å². The predicted octanol–water partition coefficient (Wildman–Crippen LogP) is 2.17. The second kappa shape index (κ2) is 8.05. The average Bonchev–Trinajstić information content (AvgIpc) is 2.84. The minimum Gasteiger partial charge on any atom is -0.348 e. The fourth-order valence-corrected chi connectivity index (χ4v) is 4.51. The number of fused-ring (bicyclic) bond motifs is 4. The van der Waals surface area contributed by atoms with Crippen LogP contribution in [0.2, 0.25) is 0 Å². The van der Waals surface area contributed by atoms with E-state index in [2.05, 4.69) is 35.1 Å². The van der Waals surface area contributed by atoms with Crippen LogP contribution in [-0.4, -0.2) is 76.7 Å². The Hall–Kier alpha value is -2.18. The number of likely N-dealkylation sites (N-methyl/N-ethyl adjacent to an activating group) is 1. The number of aryl methyl sites for hydroxylation is 1. The largest absolute Gasteiger partial charge is 0.348 e. The first kappa shape index (κ1) is 19.2. The summed E-state index contributed by atoms with van der Waals surface area (Å²) in [4.78, 5) is 18.9. The highest BCUT2D eigenvalue weighted by molar-refractivity contribution is 5.77. The van der Waals surface area contributed by atoms with Gasteiger partial charge in [0.2, 0.25) is 5.91 Å². The van der Waals surface area contributed by atoms with Crippen LogP contribution in [0.1, 0.15) is 24.1 Å². The topological polar surface area (TPSA) is 44.6 Å². The summed E-state index contributed by atoms with van der Waals surface area (Å²) in [7, 11) is 3.68. The Morgan fingerprint density at radius 1 is 1.14 bits per heavy atom. The first-order valence-electron chi connectivity index (χ1n) is 10.3. The number of carbonyl (C=O) groups excluding carboxylic acids is 1. The summed E-state index contributed by atoms with van der Waals surface area (Å²) in [5, 5.41) is 4.74. The van der Waals surface area contributed by atoms with E-state index in [0.717, 1.165) is 37.6 Å². The maximum atomic E-state index is 12.2. The molecule has 3 fully saturated rings. The lowest BCUT2D eigenvalue weighted by atomic mass is 9.94. The Morgan fingerprint density at radius 2 is 1.93 bits per heavy atom. The highest BCUT2D eigenvalue weighted by Crippen LogP contribution is 2.29. The molecule has 28 heavy (non-hydrogen) atoms. The van der Waals surface area contributed by atoms with E-state index in [1.54, 1.807) is 4.90 Å². The average molecular weight is 382 g/mol. The molecule has 6 heteroatoms. The lowest BCUT2D eigenvalue weighted by molar-refractivity contribution is -0.130. The van der Waals surface area contributed by atoms with Crippen LogP contribution < -0.4 is 0 Å². The standard InChI is InChI=1S/C22H31N5O/c1-17-19(14-27(23-17)20-7-5-4-6-8-20)13-26-12-18-9-10-21(26)15-25(11-18)16-22(28)24(2)3/h4-8,14,18,21H,9-13,15-16H2,1-3H3/t18-,21+/m0/s1. The first-order valence-corrected chi connectivity index (χ1v) is 10.3. The van der Waals surface area contributed by atoms with Crippen LogP contribution in [0.15, 0.2) is 36.5 Å². The molecule has 0 aliphatic carbocycles. The van der Waals surface area contributed by atoms with Gasteiger partial charge in [0, 0.05) is 58.1 Å². The predicted molar refractivity (Wildman–Crippen MR) is 110 cm³/mol. The molecule has 2 bridgehead atoms. The molecular weight excluding hydrogens is 350 g/mol. The fraction of sp³-hybridized carbons (Fsp3) is 0.545. The molecule has 0 unspecified atom stereocenters. The van der Waals surface area contributed by atoms with Gasteiger partial charge in [-0.15, -0.1) is 0 Å². The van der Waals surface area contributed by atoms with Crippen LogP contribution >= 0.6 is 0 Å². The summed E-state index contributed by atoms with van der Waals surface area (Å²) >= 11 is 0. The van der Waals surface area contributed by atoms with E-state index in [4.69, 9.17) is 5.10 Å². The molecule has 0 radical (unpaired) electrons. The van der Waals surface area contributed by atoms with Crippen molar-refractivity contribution in [3.63, 3.8) is 0 Å². The second-order valence-electron chi connectivity index (χ2n) is 8.53. The number of rotatable bonds is 5. The third kappa shape index (κ3) is 4.13. The van der Waals surface area contributed by atoms with Gasteiger partial charge in [-0.05, 0) is 37.8 Å². The normalized spacial score (nSPS) is 23.0. The number of para-hydroxylation sites is 1. The zero-order chi connectivity index (χ0) is 19.7. The van der Waals surface area contributed by atoms with Gasteiger partial charge < -0.3 is 4.90 Å². The second-order valence-corrected chi connectivity index (χ2v) is 8.53. The lowest BCUT2D eigenvalue weighted by Gasteiger charge is -2.36. The minimum absolute atomic E-state index is 0.202. The summed E-state index contributed by atoms with van der Waals surface area (Å²) in [6.07, 6.45) is 4.68. The van der Waals surface area contributed by atoms with E-state index < -0.39 is 0 Å². The number of benzene rings is 1. The Kier molecular flexibility index (Phi) is 5.51. The van der Waals surface area contributed by atoms with Crippen LogP contribution in [0, 0.1) is 12.8 Å². The molecule has 1 aromatic carbocycles. The van der Waals surface area contributed by atoms with E-state index in [0.29, 0.717) is 18.5 Å². The van der Waals surface area contributed by atoms with Crippen molar-refractivity contribution in [2.75, 3.05) is 40.3 Å². The molecule has 3 saturated heterocycles. The van der Waals surface area contributed by atoms with Crippen LogP contribution in [0.3, 0.4) is 0 Å². The highest BCUT2D eigenvalue weighted by Gasteiger charge is 2.35. The monoisotopic (exact) mass is 381 g/mol. The smallest absolute Gasteiger partial charge is 0.236 e. The van der Waals surface area contributed by atoms with Gasteiger partial charge in [0.25, 0.3) is 0 Å². The summed E-state index contributed by atoms with van der Waals surface area (Å²) in [6, 6.07) is 10.8. The fourth-order valence-electron chi connectivity index (χ4n) is 4.51. The van der Waals surface area contributed by atoms with Gasteiger partial charge in [-0.1, -0.05) is 18.2 Å². The Labute approximate surface area is 167 Å². The maximum absolute atomic E-state index is 12.2. The maximum Gasteiger partial charge on any atom is 0.236 e. The number of carbonyl (C=O) groups is 1. The van der Waals surface area contributed by atoms with Crippen molar-refractivity contribution in [2.24, 2.45) is 5.92 Å². The third-order valence-electron chi connectivity index (χ3n) is 6.16. The molecule has 0 N–H and O–H groups in total. The zero-order valence-electron chi connectivity index (χ0n) is 17.2. The Morgan fingerprint density at radius 3 is 2.68 bits per heavy atom. The molecular formula is C22H31N5O. The van der Waals surface area contributed by atoms with Gasteiger partial charge >= 0.3 is 0 Å². The molecule has 5 rings (SSSR count). The molecule has 6 nitrogen and oxygen atoms in total. The Bertz CT molecular complexity index is 816. The highest BCUT2D eigenvalue weighted by atomic mass is 16.2. The summed E-state index contributed by atoms with van der Waals surface area (Å²) in [5.41, 5.74) is 3.50. The van der Waals surface area contributed by atoms with E-state index in [1.807, 2.05) is 37.0 Å². The molecule has 0 spiro atoms. The molecule has 2 aromatic rings. The van der Waals surface area contributed by atoms with E-state index in [-0.39, 0.29) is 5.91 Å². The minimum atomic E-state index is 0.202. The van der Waals surface area contributed by atoms with E-state index in [9.17, 15) is 4.79 Å². The van der Waals surface area contributed by atoms with Crippen molar-refractivity contribution in [3.05, 3.63) is 47.8 Å². The van der Waals surface area contributed by atoms with Crippen molar-refractivity contribution in [1.82, 2.24) is 24.5 Å². The summed E-state index contributed by atoms with van der Waals surface area (Å²) in [5.74, 6) is 0.853. The number of aromatic nitrogens is 2. The molecule has 0 saturated carbocycles. The third-order valence-corrected chi connectivity index (χ3v) is 6.16. The summed E-state index contributed by atoms with van der Waals surface area (Å²) < 4.78 is 1.99. The molecule has 1 aromatic heterocycles. The van der Waals surface area contributed by atoms with Crippen molar-refractivity contribution in [2.45, 2.75) is 32.4 Å². The van der Waals surface area contributed by atoms with Crippen LogP contribution in [-0.2, 0) is 11.3 Å². The van der Waals surface area contributed by atoms with Gasteiger partial charge in [0.05, 0.1) is 17.9 Å². The number of hydrogen-bond donors (Lipinski definition) is 0. The zero-order valence-corrected chi connectivity index (χ0v) is 17.2. The molecule has 3 aliphatic heterocycles. The number of piperidine rings is 1. The SMILES string of the molecule is Cc1nn(-c2ccccc2)cc1CN1C[C@H]2CC[C@@H]1CN(CC(=O)N(C)C)C2. The van der Waals surface area contributed by atoms with Crippen molar-refractivity contribution in [1.29, 1.82) is 0 Å². The molecule has 2 atom stereocenters. The van der Waals surface area contributed by atoms with Gasteiger partial charge in [-0.25, -0.2) is 4.68 Å². The number of nitrogens with zero attached hydrogens (tertiary/aromatic N) is 5. The number of amides is 1. The van der Waals surface area contributed by atoms with Crippen molar-refractivity contribution >= 4 is 5.91 Å². The van der Waals surface area contributed by atoms with Gasteiger partial charge in [0.1, 0.15) is 0 Å². The quantitative estimate of drug-likeness (QED) is 0.796. The molecule has 1 amide bonds. The lowest BCUT2D eigenvalue weighted by Crippen LogP contribution is -2.44. The molecule has 4 heterocycles. The van der Waals surface area contributed by atoms with Crippen LogP contribution in [0.25, 0.3) is 5.69 Å². The Balaban J connectivity index is 1.46. The number of hydrogen-bond acceptors (Lipinski definition) is 4. The van der Waals surface area contributed by atoms with E-state index >= 15 is 0 Å². The molecule has 150 valence electrons. The van der Waals surface area contributed by atoms with Crippen molar-refractivity contribution in [3.8, 4) is 5.69 Å². The molecule has 3 aliphatic rings. The van der Waals surface area contributed by atoms with Gasteiger partial charge in [-0.2, -0.15) is 5.10 Å². The first-order chi connectivity index (χ1) is 13.5. The van der Waals surface area contributed by atoms with E-state index in [1.165, 1.54) is 18.4 Å².